The number of aliphatic carboxylic acids is 1. The number of allylic oxidation sites excluding steroid dienone is 2. The van der Waals surface area contributed by atoms with Crippen LogP contribution in [0.2, 0.25) is 0 Å². The number of carboxylic acid groups (broad SMARTS) is 1. The van der Waals surface area contributed by atoms with Crippen LogP contribution in [0.25, 0.3) is 11.1 Å². The van der Waals surface area contributed by atoms with Gasteiger partial charge in [0.05, 0.1) is 25.9 Å². The molecule has 1 saturated carbocycles. The van der Waals surface area contributed by atoms with E-state index in [1.807, 2.05) is 12.1 Å². The van der Waals surface area contributed by atoms with Gasteiger partial charge in [0.2, 0.25) is 0 Å². The van der Waals surface area contributed by atoms with Crippen LogP contribution in [0.4, 0.5) is 0 Å². The molecule has 1 aliphatic heterocycles. The normalized spacial score (nSPS) is 23.5. The van der Waals surface area contributed by atoms with E-state index in [1.165, 1.54) is 23.1 Å². The summed E-state index contributed by atoms with van der Waals surface area (Å²) in [5.41, 5.74) is 3.67. The van der Waals surface area contributed by atoms with Crippen LogP contribution in [0.3, 0.4) is 0 Å². The van der Waals surface area contributed by atoms with Gasteiger partial charge in [0.15, 0.2) is 0 Å². The number of ether oxygens (including phenoxy) is 2. The summed E-state index contributed by atoms with van der Waals surface area (Å²) >= 11 is 0. The zero-order chi connectivity index (χ0) is 23.6. The van der Waals surface area contributed by atoms with Gasteiger partial charge in [0.1, 0.15) is 0 Å². The van der Waals surface area contributed by atoms with Gasteiger partial charge in [-0.3, -0.25) is 9.69 Å². The fraction of sp³-hybridized carbons (Fsp3) is 0.483. The molecule has 2 aromatic rings. The molecule has 5 nitrogen and oxygen atoms in total. The van der Waals surface area contributed by atoms with Crippen molar-refractivity contribution in [1.82, 2.24) is 4.90 Å². The van der Waals surface area contributed by atoms with E-state index < -0.39 is 5.97 Å². The lowest BCUT2D eigenvalue weighted by Crippen LogP contribution is -2.46. The third-order valence-electron chi connectivity index (χ3n) is 7.12. The Hall–Kier alpha value is -2.47. The van der Waals surface area contributed by atoms with Gasteiger partial charge < -0.3 is 14.6 Å². The number of morpholine rings is 1. The Labute approximate surface area is 203 Å². The van der Waals surface area contributed by atoms with Gasteiger partial charge in [-0.05, 0) is 48.8 Å². The third kappa shape index (κ3) is 7.02. The molecule has 0 spiro atoms. The molecule has 1 heterocycles. The number of hydrogen-bond acceptors (Lipinski definition) is 4. The minimum absolute atomic E-state index is 0.200. The van der Waals surface area contributed by atoms with Crippen molar-refractivity contribution >= 4 is 5.97 Å². The molecule has 1 aliphatic carbocycles. The molecular formula is C29H37NO4. The van der Waals surface area contributed by atoms with E-state index in [0.717, 1.165) is 45.6 Å². The Balaban J connectivity index is 1.34. The first-order chi connectivity index (χ1) is 16.7. The molecule has 0 amide bonds. The minimum atomic E-state index is -0.738. The van der Waals surface area contributed by atoms with Crippen LogP contribution in [-0.4, -0.2) is 54.4 Å². The Morgan fingerprint density at radius 1 is 0.971 bits per heavy atom. The summed E-state index contributed by atoms with van der Waals surface area (Å²) in [4.78, 5) is 13.3. The smallest absolute Gasteiger partial charge is 0.303 e. The highest BCUT2D eigenvalue weighted by atomic mass is 16.5. The number of rotatable bonds is 11. The zero-order valence-corrected chi connectivity index (χ0v) is 20.0. The first kappa shape index (κ1) is 24.6. The summed E-state index contributed by atoms with van der Waals surface area (Å²) in [5, 5.41) is 8.82. The van der Waals surface area contributed by atoms with Gasteiger partial charge in [-0.2, -0.15) is 0 Å². The summed E-state index contributed by atoms with van der Waals surface area (Å²) in [7, 11) is 0. The summed E-state index contributed by atoms with van der Waals surface area (Å²) < 4.78 is 12.1. The van der Waals surface area contributed by atoms with E-state index in [2.05, 4.69) is 59.5 Å². The minimum Gasteiger partial charge on any atom is -0.481 e. The predicted octanol–water partition coefficient (Wildman–Crippen LogP) is 5.55. The molecule has 182 valence electrons. The quantitative estimate of drug-likeness (QED) is 0.443. The molecule has 0 radical (unpaired) electrons. The largest absolute Gasteiger partial charge is 0.481 e. The van der Waals surface area contributed by atoms with Gasteiger partial charge >= 0.3 is 5.97 Å². The monoisotopic (exact) mass is 463 g/mol. The third-order valence-corrected chi connectivity index (χ3v) is 7.12. The molecule has 0 unspecified atom stereocenters. The number of carboxylic acids is 1. The van der Waals surface area contributed by atoms with Crippen molar-refractivity contribution in [2.24, 2.45) is 5.92 Å². The van der Waals surface area contributed by atoms with E-state index >= 15 is 0 Å². The maximum atomic E-state index is 10.7. The molecule has 1 N–H and O–H groups in total. The van der Waals surface area contributed by atoms with Crippen molar-refractivity contribution < 1.29 is 19.4 Å². The fourth-order valence-electron chi connectivity index (χ4n) is 5.32. The van der Waals surface area contributed by atoms with Crippen LogP contribution in [0.1, 0.15) is 44.1 Å². The van der Waals surface area contributed by atoms with E-state index in [1.54, 1.807) is 0 Å². The van der Waals surface area contributed by atoms with Crippen molar-refractivity contribution in [3.63, 3.8) is 0 Å². The first-order valence-corrected chi connectivity index (χ1v) is 12.7. The average Bonchev–Trinajstić information content (AvgIpc) is 3.28. The maximum absolute atomic E-state index is 10.7. The predicted molar refractivity (Wildman–Crippen MR) is 135 cm³/mol. The average molecular weight is 464 g/mol. The summed E-state index contributed by atoms with van der Waals surface area (Å²) in [6, 6.07) is 19.7. The molecule has 0 bridgehead atoms. The molecule has 2 aliphatic rings. The van der Waals surface area contributed by atoms with Gasteiger partial charge in [-0.1, -0.05) is 66.7 Å². The van der Waals surface area contributed by atoms with Crippen molar-refractivity contribution in [1.29, 1.82) is 0 Å². The second-order valence-electron chi connectivity index (χ2n) is 9.35. The second-order valence-corrected chi connectivity index (χ2v) is 9.35. The topological polar surface area (TPSA) is 59.0 Å². The van der Waals surface area contributed by atoms with Crippen LogP contribution >= 0.6 is 0 Å². The summed E-state index contributed by atoms with van der Waals surface area (Å²) in [5.74, 6) is -0.246. The Morgan fingerprint density at radius 3 is 2.41 bits per heavy atom. The van der Waals surface area contributed by atoms with Crippen molar-refractivity contribution in [2.45, 2.75) is 57.3 Å². The lowest BCUT2D eigenvalue weighted by Gasteiger charge is -2.36. The Morgan fingerprint density at radius 2 is 1.68 bits per heavy atom. The molecule has 34 heavy (non-hydrogen) atoms. The number of hydrogen-bond donors (Lipinski definition) is 1. The molecule has 2 fully saturated rings. The van der Waals surface area contributed by atoms with Crippen LogP contribution in [0, 0.1) is 5.92 Å². The lowest BCUT2D eigenvalue weighted by molar-refractivity contribution is -0.136. The van der Waals surface area contributed by atoms with Crippen molar-refractivity contribution in [3.8, 4) is 11.1 Å². The van der Waals surface area contributed by atoms with Gasteiger partial charge in [0.25, 0.3) is 0 Å². The molecule has 3 atom stereocenters. The van der Waals surface area contributed by atoms with Gasteiger partial charge in [-0.25, -0.2) is 0 Å². The lowest BCUT2D eigenvalue weighted by atomic mass is 9.94. The highest BCUT2D eigenvalue weighted by Crippen LogP contribution is 2.36. The van der Waals surface area contributed by atoms with Crippen molar-refractivity contribution in [2.75, 3.05) is 26.3 Å². The molecular weight excluding hydrogens is 426 g/mol. The first-order valence-electron chi connectivity index (χ1n) is 12.7. The molecule has 1 saturated heterocycles. The number of nitrogens with zero attached hydrogens (tertiary/aromatic N) is 1. The standard InChI is InChI=1S/C29H37NO4/c31-29(32)11-7-2-1-6-10-26-27(30-18-20-33-21-19-30)16-17-28(26)34-22-23-12-14-25(15-13-23)24-8-4-3-5-9-24/h1-5,8-9,12-15,26-28H,6-7,10-11,16-22H2,(H,31,32)/t26-,27+,28+/m1/s1. The maximum Gasteiger partial charge on any atom is 0.303 e. The SMILES string of the molecule is O=C(O)CCC=CCC[C@H]1[C@@H](OCc2ccc(-c3ccccc3)cc2)CC[C@@H]1N1CCOCC1. The van der Waals surface area contributed by atoms with E-state index in [4.69, 9.17) is 14.6 Å². The number of carbonyl (C=O) groups is 1. The second kappa shape index (κ2) is 12.8. The summed E-state index contributed by atoms with van der Waals surface area (Å²) in [6.45, 7) is 4.28. The molecule has 5 heteroatoms. The van der Waals surface area contributed by atoms with E-state index in [9.17, 15) is 4.79 Å². The van der Waals surface area contributed by atoms with E-state index in [-0.39, 0.29) is 12.5 Å². The molecule has 2 aromatic carbocycles. The Kier molecular flexibility index (Phi) is 9.31. The fourth-order valence-corrected chi connectivity index (χ4v) is 5.32. The van der Waals surface area contributed by atoms with Crippen molar-refractivity contribution in [3.05, 3.63) is 72.3 Å². The molecule has 0 aromatic heterocycles. The highest BCUT2D eigenvalue weighted by Gasteiger charge is 2.39. The highest BCUT2D eigenvalue weighted by molar-refractivity contribution is 5.66. The van der Waals surface area contributed by atoms with Crippen LogP contribution in [0.5, 0.6) is 0 Å². The zero-order valence-electron chi connectivity index (χ0n) is 20.0. The van der Waals surface area contributed by atoms with E-state index in [0.29, 0.717) is 25.0 Å². The Bertz CT molecular complexity index is 905. The molecule has 4 rings (SSSR count). The van der Waals surface area contributed by atoms with Crippen LogP contribution < -0.4 is 0 Å². The van der Waals surface area contributed by atoms with Crippen LogP contribution in [0.15, 0.2) is 66.7 Å². The van der Waals surface area contributed by atoms with Gasteiger partial charge in [0, 0.05) is 31.5 Å². The van der Waals surface area contributed by atoms with Crippen LogP contribution in [-0.2, 0) is 20.9 Å². The number of benzene rings is 2. The summed E-state index contributed by atoms with van der Waals surface area (Å²) in [6.07, 6.45) is 9.53. The van der Waals surface area contributed by atoms with Gasteiger partial charge in [-0.15, -0.1) is 0 Å².